The van der Waals surface area contributed by atoms with E-state index in [1.54, 1.807) is 62.4 Å². The smallest absolute Gasteiger partial charge is 0.258 e. The van der Waals surface area contributed by atoms with E-state index < -0.39 is 14.9 Å². The van der Waals surface area contributed by atoms with Crippen LogP contribution in [0.4, 0.5) is 17.1 Å². The number of para-hydroxylation sites is 3. The second kappa shape index (κ2) is 7.44. The Morgan fingerprint density at radius 1 is 0.857 bits per heavy atom. The SMILES string of the molecule is Cc1cc(C)c(S(=O)(=O)N(c2ccccc2)c2ccccc2[N+](=O)[O-])c(C)c1. The Balaban J connectivity index is 2.35. The highest BCUT2D eigenvalue weighted by atomic mass is 32.2. The van der Waals surface area contributed by atoms with Crippen LogP contribution in [0.2, 0.25) is 0 Å². The fourth-order valence-electron chi connectivity index (χ4n) is 3.43. The summed E-state index contributed by atoms with van der Waals surface area (Å²) in [4.78, 5) is 11.2. The predicted molar refractivity (Wildman–Crippen MR) is 110 cm³/mol. The van der Waals surface area contributed by atoms with E-state index in [0.717, 1.165) is 9.87 Å². The number of hydrogen-bond donors (Lipinski definition) is 0. The van der Waals surface area contributed by atoms with Crippen molar-refractivity contribution in [3.63, 3.8) is 0 Å². The van der Waals surface area contributed by atoms with Gasteiger partial charge in [-0.3, -0.25) is 10.1 Å². The zero-order chi connectivity index (χ0) is 20.5. The zero-order valence-electron chi connectivity index (χ0n) is 15.8. The van der Waals surface area contributed by atoms with Crippen molar-refractivity contribution in [2.45, 2.75) is 25.7 Å². The molecule has 0 atom stereocenters. The van der Waals surface area contributed by atoms with E-state index in [9.17, 15) is 18.5 Å². The average Bonchev–Trinajstić information content (AvgIpc) is 2.61. The van der Waals surface area contributed by atoms with Crippen LogP contribution >= 0.6 is 0 Å². The summed E-state index contributed by atoms with van der Waals surface area (Å²) in [6.07, 6.45) is 0. The van der Waals surface area contributed by atoms with Gasteiger partial charge in [0.15, 0.2) is 0 Å². The number of hydrogen-bond acceptors (Lipinski definition) is 4. The van der Waals surface area contributed by atoms with E-state index in [2.05, 4.69) is 0 Å². The standard InChI is InChI=1S/C21H20N2O4S/c1-15-13-16(2)21(17(3)14-15)28(26,27)22(18-9-5-4-6-10-18)19-11-7-8-12-20(19)23(24)25/h4-14H,1-3H3. The van der Waals surface area contributed by atoms with Gasteiger partial charge in [-0.15, -0.1) is 0 Å². The quantitative estimate of drug-likeness (QED) is 0.447. The van der Waals surface area contributed by atoms with Gasteiger partial charge >= 0.3 is 0 Å². The number of sulfonamides is 1. The minimum Gasteiger partial charge on any atom is -0.258 e. The summed E-state index contributed by atoms with van der Waals surface area (Å²) in [6, 6.07) is 17.8. The molecule has 3 aromatic carbocycles. The molecule has 0 saturated heterocycles. The van der Waals surface area contributed by atoms with Gasteiger partial charge in [-0.1, -0.05) is 48.0 Å². The normalized spacial score (nSPS) is 11.2. The van der Waals surface area contributed by atoms with Crippen LogP contribution in [0.25, 0.3) is 0 Å². The van der Waals surface area contributed by atoms with E-state index in [4.69, 9.17) is 0 Å². The Morgan fingerprint density at radius 3 is 1.96 bits per heavy atom. The molecule has 0 saturated carbocycles. The van der Waals surface area contributed by atoms with Gasteiger partial charge in [-0.05, 0) is 50.1 Å². The summed E-state index contributed by atoms with van der Waals surface area (Å²) in [7, 11) is -4.11. The summed E-state index contributed by atoms with van der Waals surface area (Å²) in [5, 5.41) is 11.6. The third-order valence-corrected chi connectivity index (χ3v) is 6.44. The van der Waals surface area contributed by atoms with Crippen LogP contribution in [-0.4, -0.2) is 13.3 Å². The second-order valence-corrected chi connectivity index (χ2v) is 8.30. The summed E-state index contributed by atoms with van der Waals surface area (Å²) < 4.78 is 28.6. The van der Waals surface area contributed by atoms with Crippen LogP contribution in [-0.2, 0) is 10.0 Å². The van der Waals surface area contributed by atoms with E-state index in [1.807, 2.05) is 6.92 Å². The second-order valence-electron chi connectivity index (χ2n) is 6.58. The minimum absolute atomic E-state index is 0.00178. The number of anilines is 2. The van der Waals surface area contributed by atoms with Gasteiger partial charge in [-0.25, -0.2) is 12.7 Å². The van der Waals surface area contributed by atoms with Crippen molar-refractivity contribution < 1.29 is 13.3 Å². The lowest BCUT2D eigenvalue weighted by Crippen LogP contribution is -2.28. The van der Waals surface area contributed by atoms with Crippen molar-refractivity contribution in [3.05, 3.63) is 93.5 Å². The maximum Gasteiger partial charge on any atom is 0.293 e. The molecule has 7 heteroatoms. The third-order valence-electron chi connectivity index (χ3n) is 4.39. The van der Waals surface area contributed by atoms with Crippen molar-refractivity contribution in [1.82, 2.24) is 0 Å². The molecular weight excluding hydrogens is 376 g/mol. The molecule has 6 nitrogen and oxygen atoms in total. The molecule has 0 spiro atoms. The number of nitro benzene ring substituents is 1. The Morgan fingerprint density at radius 2 is 1.39 bits per heavy atom. The number of benzene rings is 3. The first-order chi connectivity index (χ1) is 13.2. The minimum atomic E-state index is -4.11. The zero-order valence-corrected chi connectivity index (χ0v) is 16.6. The van der Waals surface area contributed by atoms with Crippen molar-refractivity contribution in [1.29, 1.82) is 0 Å². The van der Waals surface area contributed by atoms with Crippen molar-refractivity contribution in [3.8, 4) is 0 Å². The third kappa shape index (κ3) is 3.48. The van der Waals surface area contributed by atoms with Crippen LogP contribution in [0.1, 0.15) is 16.7 Å². The summed E-state index contributed by atoms with van der Waals surface area (Å²) >= 11 is 0. The van der Waals surface area contributed by atoms with Crippen LogP contribution in [0.3, 0.4) is 0 Å². The van der Waals surface area contributed by atoms with E-state index in [1.165, 1.54) is 18.2 Å². The molecule has 0 unspecified atom stereocenters. The molecule has 0 N–H and O–H groups in total. The first-order valence-electron chi connectivity index (χ1n) is 8.65. The summed E-state index contributed by atoms with van der Waals surface area (Å²) in [6.45, 7) is 5.36. The average molecular weight is 396 g/mol. The van der Waals surface area contributed by atoms with Crippen molar-refractivity contribution in [2.75, 3.05) is 4.31 Å². The predicted octanol–water partition coefficient (Wildman–Crippen LogP) is 5.05. The number of aryl methyl sites for hydroxylation is 3. The molecule has 3 aromatic rings. The fourth-order valence-corrected chi connectivity index (χ4v) is 5.35. The van der Waals surface area contributed by atoms with Gasteiger partial charge in [0.2, 0.25) is 0 Å². The molecule has 0 radical (unpaired) electrons. The van der Waals surface area contributed by atoms with E-state index in [-0.39, 0.29) is 16.3 Å². The Labute approximate surface area is 164 Å². The number of nitro groups is 1. The molecule has 0 aliphatic carbocycles. The van der Waals surface area contributed by atoms with Crippen LogP contribution in [0.5, 0.6) is 0 Å². The van der Waals surface area contributed by atoms with Crippen LogP contribution < -0.4 is 4.31 Å². The lowest BCUT2D eigenvalue weighted by Gasteiger charge is -2.26. The van der Waals surface area contributed by atoms with Gasteiger partial charge in [-0.2, -0.15) is 0 Å². The highest BCUT2D eigenvalue weighted by Crippen LogP contribution is 2.39. The monoisotopic (exact) mass is 396 g/mol. The molecule has 0 fully saturated rings. The topological polar surface area (TPSA) is 80.5 Å². The number of rotatable bonds is 5. The maximum atomic E-state index is 13.8. The first kappa shape index (κ1) is 19.6. The largest absolute Gasteiger partial charge is 0.293 e. The van der Waals surface area contributed by atoms with Crippen molar-refractivity contribution >= 4 is 27.1 Å². The molecule has 144 valence electrons. The first-order valence-corrected chi connectivity index (χ1v) is 10.1. The summed E-state index contributed by atoms with van der Waals surface area (Å²) in [5.74, 6) is 0. The molecular formula is C21H20N2O4S. The van der Waals surface area contributed by atoms with E-state index in [0.29, 0.717) is 16.8 Å². The molecule has 0 amide bonds. The molecule has 0 heterocycles. The molecule has 0 aromatic heterocycles. The fraction of sp³-hybridized carbons (Fsp3) is 0.143. The molecule has 0 aliphatic heterocycles. The molecule has 0 bridgehead atoms. The number of nitrogens with zero attached hydrogens (tertiary/aromatic N) is 2. The van der Waals surface area contributed by atoms with Gasteiger partial charge in [0.05, 0.1) is 15.5 Å². The van der Waals surface area contributed by atoms with Gasteiger partial charge in [0.1, 0.15) is 5.69 Å². The maximum absolute atomic E-state index is 13.8. The van der Waals surface area contributed by atoms with Gasteiger partial charge < -0.3 is 0 Å². The van der Waals surface area contributed by atoms with E-state index >= 15 is 0 Å². The Kier molecular flexibility index (Phi) is 5.20. The summed E-state index contributed by atoms with van der Waals surface area (Å²) in [5.41, 5.74) is 2.19. The lowest BCUT2D eigenvalue weighted by atomic mass is 10.1. The van der Waals surface area contributed by atoms with Gasteiger partial charge in [0, 0.05) is 6.07 Å². The van der Waals surface area contributed by atoms with Gasteiger partial charge in [0.25, 0.3) is 15.7 Å². The molecule has 0 aliphatic rings. The highest BCUT2D eigenvalue weighted by Gasteiger charge is 2.33. The van der Waals surface area contributed by atoms with Crippen LogP contribution in [0, 0.1) is 30.9 Å². The van der Waals surface area contributed by atoms with Crippen LogP contribution in [0.15, 0.2) is 71.6 Å². The van der Waals surface area contributed by atoms with Crippen molar-refractivity contribution in [2.24, 2.45) is 0 Å². The lowest BCUT2D eigenvalue weighted by molar-refractivity contribution is -0.384. The molecule has 28 heavy (non-hydrogen) atoms. The Hall–Kier alpha value is -3.19. The highest BCUT2D eigenvalue weighted by molar-refractivity contribution is 7.93. The Bertz CT molecular complexity index is 1120. The molecule has 3 rings (SSSR count).